The summed E-state index contributed by atoms with van der Waals surface area (Å²) >= 11 is 0. The minimum Gasteiger partial charge on any atom is -0.497 e. The fourth-order valence-corrected chi connectivity index (χ4v) is 2.34. The van der Waals surface area contributed by atoms with Crippen LogP contribution in [0.4, 0.5) is 0 Å². The molecule has 1 aromatic carbocycles. The molecule has 0 spiro atoms. The Morgan fingerprint density at radius 1 is 1.31 bits per heavy atom. The van der Waals surface area contributed by atoms with Crippen LogP contribution in [0.2, 0.25) is 0 Å². The number of nitrogens with zero attached hydrogens (tertiary/aromatic N) is 1. The molecule has 2 N–H and O–H groups in total. The first kappa shape index (κ1) is 11.4. The van der Waals surface area contributed by atoms with Crippen LogP contribution in [0.5, 0.6) is 5.75 Å². The first-order valence-corrected chi connectivity index (χ1v) is 5.79. The average Bonchev–Trinajstić information content (AvgIpc) is 2.32. The van der Waals surface area contributed by atoms with Crippen molar-refractivity contribution in [3.05, 3.63) is 29.8 Å². The lowest BCUT2D eigenvalue weighted by molar-refractivity contribution is 0.228. The largest absolute Gasteiger partial charge is 0.497 e. The molecule has 2 rings (SSSR count). The molecule has 1 fully saturated rings. The van der Waals surface area contributed by atoms with Crippen LogP contribution in [0.25, 0.3) is 0 Å². The third kappa shape index (κ3) is 2.36. The molecule has 16 heavy (non-hydrogen) atoms. The maximum atomic E-state index is 6.19. The highest BCUT2D eigenvalue weighted by Gasteiger charge is 2.25. The number of methoxy groups -OCH3 is 1. The van der Waals surface area contributed by atoms with Gasteiger partial charge in [-0.15, -0.1) is 0 Å². The molecule has 1 aromatic rings. The summed E-state index contributed by atoms with van der Waals surface area (Å²) < 4.78 is 5.16. The van der Waals surface area contributed by atoms with E-state index in [1.165, 1.54) is 5.56 Å². The predicted octanol–water partition coefficient (Wildman–Crippen LogP) is 1.44. The monoisotopic (exact) mass is 220 g/mol. The Kier molecular flexibility index (Phi) is 3.46. The van der Waals surface area contributed by atoms with Crippen LogP contribution in [-0.4, -0.2) is 38.2 Å². The van der Waals surface area contributed by atoms with E-state index >= 15 is 0 Å². The molecule has 0 amide bonds. The van der Waals surface area contributed by atoms with Crippen molar-refractivity contribution in [1.82, 2.24) is 4.90 Å². The van der Waals surface area contributed by atoms with Gasteiger partial charge >= 0.3 is 0 Å². The fraction of sp³-hybridized carbons (Fsp3) is 0.538. The van der Waals surface area contributed by atoms with E-state index in [0.29, 0.717) is 5.92 Å². The summed E-state index contributed by atoms with van der Waals surface area (Å²) in [6.45, 7) is 2.15. The molecular formula is C13H20N2O. The number of piperidine rings is 1. The van der Waals surface area contributed by atoms with E-state index in [1.54, 1.807) is 7.11 Å². The second kappa shape index (κ2) is 4.85. The lowest BCUT2D eigenvalue weighted by Gasteiger charge is -2.35. The first-order valence-electron chi connectivity index (χ1n) is 5.79. The van der Waals surface area contributed by atoms with Gasteiger partial charge in [-0.1, -0.05) is 12.1 Å². The van der Waals surface area contributed by atoms with Crippen LogP contribution in [0.15, 0.2) is 24.3 Å². The van der Waals surface area contributed by atoms with Gasteiger partial charge in [0.05, 0.1) is 7.11 Å². The van der Waals surface area contributed by atoms with Gasteiger partial charge in [-0.2, -0.15) is 0 Å². The van der Waals surface area contributed by atoms with Crippen LogP contribution in [0.3, 0.4) is 0 Å². The van der Waals surface area contributed by atoms with Gasteiger partial charge in [-0.3, -0.25) is 0 Å². The number of hydrogen-bond acceptors (Lipinski definition) is 3. The molecular weight excluding hydrogens is 200 g/mol. The molecule has 2 unspecified atom stereocenters. The van der Waals surface area contributed by atoms with Gasteiger partial charge in [0.15, 0.2) is 0 Å². The number of benzene rings is 1. The third-order valence-corrected chi connectivity index (χ3v) is 3.41. The summed E-state index contributed by atoms with van der Waals surface area (Å²) in [4.78, 5) is 2.35. The van der Waals surface area contributed by atoms with Gasteiger partial charge in [0.25, 0.3) is 0 Å². The maximum absolute atomic E-state index is 6.19. The van der Waals surface area contributed by atoms with Crippen molar-refractivity contribution >= 4 is 0 Å². The summed E-state index contributed by atoms with van der Waals surface area (Å²) in [5, 5.41) is 0. The number of nitrogens with two attached hydrogens (primary N) is 1. The van der Waals surface area contributed by atoms with Gasteiger partial charge in [-0.05, 0) is 37.7 Å². The van der Waals surface area contributed by atoms with Crippen LogP contribution >= 0.6 is 0 Å². The van der Waals surface area contributed by atoms with Gasteiger partial charge in [0.1, 0.15) is 5.75 Å². The van der Waals surface area contributed by atoms with E-state index in [1.807, 2.05) is 12.1 Å². The van der Waals surface area contributed by atoms with Crippen LogP contribution in [-0.2, 0) is 0 Å². The molecule has 1 aliphatic rings. The highest BCUT2D eigenvalue weighted by molar-refractivity contribution is 5.30. The molecule has 0 aromatic heterocycles. The highest BCUT2D eigenvalue weighted by Crippen LogP contribution is 2.26. The molecule has 0 radical (unpaired) electrons. The second-order valence-corrected chi connectivity index (χ2v) is 4.59. The molecule has 1 heterocycles. The number of hydrogen-bond donors (Lipinski definition) is 1. The molecule has 1 aliphatic heterocycles. The summed E-state index contributed by atoms with van der Waals surface area (Å²) in [5.74, 6) is 1.35. The van der Waals surface area contributed by atoms with Crippen molar-refractivity contribution in [3.63, 3.8) is 0 Å². The van der Waals surface area contributed by atoms with Crippen LogP contribution in [0, 0.1) is 0 Å². The van der Waals surface area contributed by atoms with E-state index < -0.39 is 0 Å². The van der Waals surface area contributed by atoms with Crippen molar-refractivity contribution in [1.29, 1.82) is 0 Å². The van der Waals surface area contributed by atoms with E-state index in [-0.39, 0.29) is 6.04 Å². The van der Waals surface area contributed by atoms with Crippen molar-refractivity contribution < 1.29 is 4.74 Å². The summed E-state index contributed by atoms with van der Waals surface area (Å²) in [6, 6.07) is 8.56. The Labute approximate surface area is 97.2 Å². The lowest BCUT2D eigenvalue weighted by atomic mass is 9.87. The molecule has 2 atom stereocenters. The number of ether oxygens (including phenoxy) is 1. The van der Waals surface area contributed by atoms with Gasteiger partial charge in [0, 0.05) is 18.5 Å². The summed E-state index contributed by atoms with van der Waals surface area (Å²) in [7, 11) is 3.84. The highest BCUT2D eigenvalue weighted by atomic mass is 16.5. The number of rotatable bonds is 2. The zero-order valence-corrected chi connectivity index (χ0v) is 10.0. The topological polar surface area (TPSA) is 38.5 Å². The zero-order valence-electron chi connectivity index (χ0n) is 10.0. The minimum absolute atomic E-state index is 0.282. The molecule has 88 valence electrons. The van der Waals surface area contributed by atoms with E-state index in [9.17, 15) is 0 Å². The lowest BCUT2D eigenvalue weighted by Crippen LogP contribution is -2.43. The van der Waals surface area contributed by atoms with Crippen molar-refractivity contribution in [2.45, 2.75) is 18.4 Å². The second-order valence-electron chi connectivity index (χ2n) is 4.59. The van der Waals surface area contributed by atoms with E-state index in [2.05, 4.69) is 24.1 Å². The third-order valence-electron chi connectivity index (χ3n) is 3.41. The standard InChI is InChI=1S/C13H20N2O/c1-15-8-7-13(14)12(9-15)10-3-5-11(16-2)6-4-10/h3-6,12-13H,7-9,14H2,1-2H3. The van der Waals surface area contributed by atoms with E-state index in [4.69, 9.17) is 10.5 Å². The quantitative estimate of drug-likeness (QED) is 0.819. The summed E-state index contributed by atoms with van der Waals surface area (Å²) in [5.41, 5.74) is 7.51. The molecule has 0 saturated carbocycles. The van der Waals surface area contributed by atoms with Gasteiger partial charge < -0.3 is 15.4 Å². The molecule has 0 aliphatic carbocycles. The number of likely N-dealkylation sites (N-methyl/N-ethyl adjacent to an activating group) is 1. The summed E-state index contributed by atoms with van der Waals surface area (Å²) in [6.07, 6.45) is 1.08. The smallest absolute Gasteiger partial charge is 0.118 e. The van der Waals surface area contributed by atoms with E-state index in [0.717, 1.165) is 25.3 Å². The molecule has 1 saturated heterocycles. The molecule has 3 nitrogen and oxygen atoms in total. The SMILES string of the molecule is COc1ccc(C2CN(C)CCC2N)cc1. The minimum atomic E-state index is 0.282. The molecule has 0 bridgehead atoms. The van der Waals surface area contributed by atoms with Crippen molar-refractivity contribution in [2.24, 2.45) is 5.73 Å². The van der Waals surface area contributed by atoms with Gasteiger partial charge in [-0.25, -0.2) is 0 Å². The Bertz CT molecular complexity index is 336. The maximum Gasteiger partial charge on any atom is 0.118 e. The number of likely N-dealkylation sites (tertiary alicyclic amines) is 1. The zero-order chi connectivity index (χ0) is 11.5. The first-order chi connectivity index (χ1) is 7.70. The van der Waals surface area contributed by atoms with Gasteiger partial charge in [0.2, 0.25) is 0 Å². The normalized spacial score (nSPS) is 26.7. The van der Waals surface area contributed by atoms with Crippen LogP contribution < -0.4 is 10.5 Å². The Morgan fingerprint density at radius 2 is 2.00 bits per heavy atom. The fourth-order valence-electron chi connectivity index (χ4n) is 2.34. The van der Waals surface area contributed by atoms with Crippen molar-refractivity contribution in [3.8, 4) is 5.75 Å². The average molecular weight is 220 g/mol. The predicted molar refractivity (Wildman–Crippen MR) is 65.8 cm³/mol. The Hall–Kier alpha value is -1.06. The van der Waals surface area contributed by atoms with Crippen LogP contribution in [0.1, 0.15) is 17.9 Å². The Balaban J connectivity index is 2.15. The Morgan fingerprint density at radius 3 is 2.62 bits per heavy atom. The molecule has 3 heteroatoms. The van der Waals surface area contributed by atoms with Crippen molar-refractivity contribution in [2.75, 3.05) is 27.2 Å².